The van der Waals surface area contributed by atoms with Crippen molar-refractivity contribution in [2.75, 3.05) is 45.4 Å². The van der Waals surface area contributed by atoms with Crippen molar-refractivity contribution in [2.24, 2.45) is 0 Å². The summed E-state index contributed by atoms with van der Waals surface area (Å²) < 4.78 is 16.0. The van der Waals surface area contributed by atoms with Gasteiger partial charge in [-0.05, 0) is 6.92 Å². The van der Waals surface area contributed by atoms with Crippen molar-refractivity contribution < 1.29 is 28.8 Å². The summed E-state index contributed by atoms with van der Waals surface area (Å²) in [6.45, 7) is 4.18. The van der Waals surface area contributed by atoms with E-state index < -0.39 is 11.6 Å². The standard InChI is InChI=1S/C16H21N2O6/c1-16(15(19)21-2)10-11-8-13(18(20)22-3)12(9-14(11)24-16)17-4-6-23-7-5-17/h8-9H,4-7,10H2,1-3H3/q+1. The van der Waals surface area contributed by atoms with E-state index in [1.807, 2.05) is 4.90 Å². The molecule has 1 fully saturated rings. The van der Waals surface area contributed by atoms with E-state index >= 15 is 0 Å². The van der Waals surface area contributed by atoms with Crippen LogP contribution in [0.5, 0.6) is 5.75 Å². The predicted molar refractivity (Wildman–Crippen MR) is 84.5 cm³/mol. The van der Waals surface area contributed by atoms with Crippen LogP contribution in [-0.2, 0) is 25.5 Å². The first-order valence-corrected chi connectivity index (χ1v) is 7.77. The Bertz CT molecular complexity index is 671. The number of rotatable bonds is 4. The second-order valence-electron chi connectivity index (χ2n) is 5.99. The molecule has 2 aliphatic heterocycles. The van der Waals surface area contributed by atoms with Gasteiger partial charge in [0, 0.05) is 37.2 Å². The zero-order valence-corrected chi connectivity index (χ0v) is 14.0. The Labute approximate surface area is 139 Å². The first-order chi connectivity index (χ1) is 11.5. The van der Waals surface area contributed by atoms with Gasteiger partial charge in [-0.2, -0.15) is 0 Å². The summed E-state index contributed by atoms with van der Waals surface area (Å²) in [5, 5.41) is 0. The number of esters is 1. The molecule has 2 aliphatic rings. The normalized spacial score (nSPS) is 22.5. The SMILES string of the molecule is COC(=O)C1(C)Cc2cc([N+](=O)OC)c(N3CCOCC3)cc2O1. The lowest BCUT2D eigenvalue weighted by molar-refractivity contribution is -0.736. The molecule has 8 heteroatoms. The van der Waals surface area contributed by atoms with Crippen LogP contribution >= 0.6 is 0 Å². The Morgan fingerprint density at radius 1 is 1.29 bits per heavy atom. The van der Waals surface area contributed by atoms with E-state index in [4.69, 9.17) is 19.0 Å². The second-order valence-corrected chi connectivity index (χ2v) is 5.99. The number of benzene rings is 1. The van der Waals surface area contributed by atoms with Crippen molar-refractivity contribution in [3.8, 4) is 5.75 Å². The highest BCUT2D eigenvalue weighted by atomic mass is 16.8. The van der Waals surface area contributed by atoms with Gasteiger partial charge in [0.2, 0.25) is 5.60 Å². The lowest BCUT2D eigenvalue weighted by atomic mass is 9.99. The smallest absolute Gasteiger partial charge is 0.350 e. The van der Waals surface area contributed by atoms with Crippen LogP contribution in [0, 0.1) is 4.91 Å². The van der Waals surface area contributed by atoms with Crippen LogP contribution in [0.15, 0.2) is 12.1 Å². The number of nitrogens with zero attached hydrogens (tertiary/aromatic N) is 2. The van der Waals surface area contributed by atoms with E-state index in [1.165, 1.54) is 14.2 Å². The van der Waals surface area contributed by atoms with Crippen molar-refractivity contribution in [3.63, 3.8) is 0 Å². The van der Waals surface area contributed by atoms with Gasteiger partial charge >= 0.3 is 11.7 Å². The second kappa shape index (κ2) is 6.27. The van der Waals surface area contributed by atoms with Crippen molar-refractivity contribution in [2.45, 2.75) is 18.9 Å². The summed E-state index contributed by atoms with van der Waals surface area (Å²) in [7, 11) is 2.65. The summed E-state index contributed by atoms with van der Waals surface area (Å²) in [5.74, 6) is 0.136. The van der Waals surface area contributed by atoms with Gasteiger partial charge in [-0.15, -0.1) is 0 Å². The summed E-state index contributed by atoms with van der Waals surface area (Å²) in [5.41, 5.74) is 0.769. The van der Waals surface area contributed by atoms with Gasteiger partial charge in [0.25, 0.3) is 4.92 Å². The first-order valence-electron chi connectivity index (χ1n) is 7.77. The lowest BCUT2D eigenvalue weighted by Crippen LogP contribution is -2.41. The highest BCUT2D eigenvalue weighted by Crippen LogP contribution is 2.43. The number of hydrogen-bond acceptors (Lipinski definition) is 7. The first kappa shape index (κ1) is 16.5. The summed E-state index contributed by atoms with van der Waals surface area (Å²) >= 11 is 0. The third kappa shape index (κ3) is 2.77. The molecule has 24 heavy (non-hydrogen) atoms. The molecular formula is C16H21N2O6+. The van der Waals surface area contributed by atoms with E-state index in [-0.39, 0.29) is 0 Å². The molecule has 0 saturated carbocycles. The van der Waals surface area contributed by atoms with Crippen LogP contribution in [0.2, 0.25) is 0 Å². The molecule has 3 rings (SSSR count). The van der Waals surface area contributed by atoms with E-state index in [9.17, 15) is 9.70 Å². The van der Waals surface area contributed by atoms with Gasteiger partial charge in [-0.1, -0.05) is 0 Å². The minimum atomic E-state index is -1.08. The van der Waals surface area contributed by atoms with Crippen LogP contribution in [0.1, 0.15) is 12.5 Å². The molecule has 2 heterocycles. The maximum absolute atomic E-state index is 12.1. The molecule has 0 N–H and O–H groups in total. The molecule has 1 atom stereocenters. The molecule has 0 spiro atoms. The molecular weight excluding hydrogens is 316 g/mol. The quantitative estimate of drug-likeness (QED) is 0.606. The van der Waals surface area contributed by atoms with Crippen LogP contribution in [0.4, 0.5) is 11.4 Å². The lowest BCUT2D eigenvalue weighted by Gasteiger charge is -2.28. The van der Waals surface area contributed by atoms with E-state index in [0.717, 1.165) is 5.56 Å². The fourth-order valence-electron chi connectivity index (χ4n) is 3.11. The Morgan fingerprint density at radius 2 is 2.00 bits per heavy atom. The number of methoxy groups -OCH3 is 1. The van der Waals surface area contributed by atoms with Crippen molar-refractivity contribution in [1.82, 2.24) is 0 Å². The molecule has 1 unspecified atom stereocenters. The number of hydrogen-bond donors (Lipinski definition) is 0. The average Bonchev–Trinajstić information content (AvgIpc) is 2.96. The molecule has 0 amide bonds. The maximum Gasteiger partial charge on any atom is 0.350 e. The van der Waals surface area contributed by atoms with Crippen LogP contribution in [0.3, 0.4) is 0 Å². The van der Waals surface area contributed by atoms with E-state index in [1.54, 1.807) is 19.1 Å². The minimum absolute atomic E-state index is 0.336. The zero-order valence-electron chi connectivity index (χ0n) is 14.0. The topological polar surface area (TPSA) is 77.3 Å². The van der Waals surface area contributed by atoms with Gasteiger partial charge in [0.05, 0.1) is 25.2 Å². The number of fused-ring (bicyclic) bond motifs is 1. The Balaban J connectivity index is 2.01. The highest BCUT2D eigenvalue weighted by molar-refractivity contribution is 5.82. The van der Waals surface area contributed by atoms with Crippen molar-refractivity contribution in [1.29, 1.82) is 0 Å². The van der Waals surface area contributed by atoms with Crippen molar-refractivity contribution in [3.05, 3.63) is 22.6 Å². The fraction of sp³-hybridized carbons (Fsp3) is 0.562. The zero-order chi connectivity index (χ0) is 17.3. The molecule has 0 aromatic heterocycles. The number of morpholine rings is 1. The van der Waals surface area contributed by atoms with Crippen LogP contribution in [0.25, 0.3) is 0 Å². The molecule has 130 valence electrons. The number of carbonyl (C=O) groups is 1. The molecule has 1 saturated heterocycles. The third-order valence-corrected chi connectivity index (χ3v) is 4.35. The fourth-order valence-corrected chi connectivity index (χ4v) is 3.11. The third-order valence-electron chi connectivity index (χ3n) is 4.35. The van der Waals surface area contributed by atoms with Gasteiger partial charge in [0.15, 0.2) is 7.11 Å². The van der Waals surface area contributed by atoms with E-state index in [2.05, 4.69) is 0 Å². The molecule has 1 aromatic carbocycles. The number of ether oxygens (including phenoxy) is 3. The van der Waals surface area contributed by atoms with E-state index in [0.29, 0.717) is 54.8 Å². The van der Waals surface area contributed by atoms with Gasteiger partial charge < -0.3 is 19.1 Å². The van der Waals surface area contributed by atoms with Crippen molar-refractivity contribution >= 4 is 17.3 Å². The molecule has 8 nitrogen and oxygen atoms in total. The molecule has 1 aromatic rings. The Kier molecular flexibility index (Phi) is 4.31. The Hall–Kier alpha value is -2.35. The summed E-state index contributed by atoms with van der Waals surface area (Å²) in [4.78, 5) is 31.5. The largest absolute Gasteiger partial charge is 0.475 e. The van der Waals surface area contributed by atoms with Crippen LogP contribution < -0.4 is 9.64 Å². The summed E-state index contributed by atoms with van der Waals surface area (Å²) in [6.07, 6.45) is 0.336. The monoisotopic (exact) mass is 337 g/mol. The van der Waals surface area contributed by atoms with Gasteiger partial charge in [-0.3, -0.25) is 0 Å². The number of carbonyl (C=O) groups excluding carboxylic acids is 1. The average molecular weight is 337 g/mol. The predicted octanol–water partition coefficient (Wildman–Crippen LogP) is 1.36. The minimum Gasteiger partial charge on any atom is -0.475 e. The van der Waals surface area contributed by atoms with Gasteiger partial charge in [0.1, 0.15) is 11.4 Å². The summed E-state index contributed by atoms with van der Waals surface area (Å²) in [6, 6.07) is 3.50. The number of anilines is 1. The molecule has 0 aliphatic carbocycles. The maximum atomic E-state index is 12.1. The molecule has 0 radical (unpaired) electrons. The highest BCUT2D eigenvalue weighted by Gasteiger charge is 2.45. The molecule has 0 bridgehead atoms. The Morgan fingerprint density at radius 3 is 2.62 bits per heavy atom. The van der Waals surface area contributed by atoms with Gasteiger partial charge in [-0.25, -0.2) is 9.63 Å². The van der Waals surface area contributed by atoms with Crippen LogP contribution in [-0.4, -0.2) is 57.0 Å².